The molecule has 1 atom stereocenters. The minimum Gasteiger partial charge on any atom is -0.383 e. The first-order valence-electron chi connectivity index (χ1n) is 5.43. The third kappa shape index (κ3) is 3.98. The molecule has 1 aromatic rings. The first-order valence-corrected chi connectivity index (χ1v) is 5.43. The molecule has 0 radical (unpaired) electrons. The van der Waals surface area contributed by atoms with Gasteiger partial charge >= 0.3 is 0 Å². The molecule has 0 amide bonds. The smallest absolute Gasteiger partial charge is 0.0732 e. The zero-order chi connectivity index (χ0) is 11.1. The Balaban J connectivity index is 2.69. The molecule has 1 aromatic heterocycles. The Morgan fingerprint density at radius 2 is 2.27 bits per heavy atom. The molecule has 15 heavy (non-hydrogen) atoms. The number of methoxy groups -OCH3 is 1. The first-order chi connectivity index (χ1) is 7.27. The average Bonchev–Trinajstić information content (AvgIpc) is 2.24. The van der Waals surface area contributed by atoms with E-state index in [0.717, 1.165) is 24.4 Å². The summed E-state index contributed by atoms with van der Waals surface area (Å²) in [5, 5.41) is 3.43. The monoisotopic (exact) mass is 208 g/mol. The lowest BCUT2D eigenvalue weighted by atomic mass is 10.2. The molecule has 0 saturated heterocycles. The van der Waals surface area contributed by atoms with Crippen LogP contribution in [0.1, 0.15) is 30.8 Å². The minimum absolute atomic E-state index is 0.204. The molecular weight excluding hydrogens is 188 g/mol. The average molecular weight is 208 g/mol. The fourth-order valence-corrected chi connectivity index (χ4v) is 1.49. The Morgan fingerprint density at radius 3 is 2.87 bits per heavy atom. The molecule has 1 unspecified atom stereocenters. The lowest BCUT2D eigenvalue weighted by Crippen LogP contribution is -2.26. The van der Waals surface area contributed by atoms with E-state index in [9.17, 15) is 0 Å². The van der Waals surface area contributed by atoms with Gasteiger partial charge in [-0.25, -0.2) is 0 Å². The van der Waals surface area contributed by atoms with Gasteiger partial charge in [0, 0.05) is 12.8 Å². The standard InChI is InChI=1S/C12H20N2O/c1-4-8-13-12(9-15-3)11-7-5-6-10(2)14-11/h5-7,12-13H,4,8-9H2,1-3H3. The zero-order valence-corrected chi connectivity index (χ0v) is 9.79. The second kappa shape index (κ2) is 6.53. The highest BCUT2D eigenvalue weighted by molar-refractivity contribution is 5.13. The summed E-state index contributed by atoms with van der Waals surface area (Å²) in [7, 11) is 1.72. The third-order valence-corrected chi connectivity index (χ3v) is 2.24. The van der Waals surface area contributed by atoms with Crippen LogP contribution in [-0.4, -0.2) is 25.2 Å². The Morgan fingerprint density at radius 1 is 1.47 bits per heavy atom. The van der Waals surface area contributed by atoms with Crippen molar-refractivity contribution in [3.63, 3.8) is 0 Å². The fraction of sp³-hybridized carbons (Fsp3) is 0.583. The Labute approximate surface area is 91.9 Å². The van der Waals surface area contributed by atoms with Gasteiger partial charge in [-0.3, -0.25) is 4.98 Å². The van der Waals surface area contributed by atoms with E-state index in [-0.39, 0.29) is 6.04 Å². The van der Waals surface area contributed by atoms with Crippen LogP contribution in [0.25, 0.3) is 0 Å². The van der Waals surface area contributed by atoms with Crippen LogP contribution in [0.3, 0.4) is 0 Å². The van der Waals surface area contributed by atoms with Gasteiger partial charge in [-0.1, -0.05) is 13.0 Å². The second-order valence-corrected chi connectivity index (χ2v) is 3.67. The maximum absolute atomic E-state index is 5.19. The SMILES string of the molecule is CCCNC(COC)c1cccc(C)n1. The predicted octanol–water partition coefficient (Wildman–Crippen LogP) is 2.08. The number of nitrogens with zero attached hydrogens (tertiary/aromatic N) is 1. The highest BCUT2D eigenvalue weighted by atomic mass is 16.5. The number of ether oxygens (including phenoxy) is 1. The number of nitrogens with one attached hydrogen (secondary N) is 1. The van der Waals surface area contributed by atoms with Crippen LogP contribution in [0.15, 0.2) is 18.2 Å². The minimum atomic E-state index is 0.204. The lowest BCUT2D eigenvalue weighted by Gasteiger charge is -2.17. The van der Waals surface area contributed by atoms with Gasteiger partial charge in [0.1, 0.15) is 0 Å². The second-order valence-electron chi connectivity index (χ2n) is 3.67. The van der Waals surface area contributed by atoms with E-state index in [0.29, 0.717) is 6.61 Å². The summed E-state index contributed by atoms with van der Waals surface area (Å²) in [6.07, 6.45) is 1.12. The van der Waals surface area contributed by atoms with E-state index in [2.05, 4.69) is 17.2 Å². The Hall–Kier alpha value is -0.930. The van der Waals surface area contributed by atoms with Crippen molar-refractivity contribution in [1.29, 1.82) is 0 Å². The molecule has 3 heteroatoms. The van der Waals surface area contributed by atoms with Crippen LogP contribution in [0.4, 0.5) is 0 Å². The molecule has 84 valence electrons. The summed E-state index contributed by atoms with van der Waals surface area (Å²) >= 11 is 0. The van der Waals surface area contributed by atoms with Crippen LogP contribution >= 0.6 is 0 Å². The van der Waals surface area contributed by atoms with Crippen molar-refractivity contribution in [1.82, 2.24) is 10.3 Å². The van der Waals surface area contributed by atoms with Gasteiger partial charge in [0.05, 0.1) is 18.3 Å². The van der Waals surface area contributed by atoms with Crippen molar-refractivity contribution in [2.24, 2.45) is 0 Å². The molecule has 0 aromatic carbocycles. The van der Waals surface area contributed by atoms with Gasteiger partial charge in [-0.05, 0) is 32.0 Å². The van der Waals surface area contributed by atoms with E-state index in [1.165, 1.54) is 0 Å². The van der Waals surface area contributed by atoms with E-state index in [1.807, 2.05) is 25.1 Å². The molecule has 1 heterocycles. The third-order valence-electron chi connectivity index (χ3n) is 2.24. The van der Waals surface area contributed by atoms with Crippen LogP contribution in [0, 0.1) is 6.92 Å². The summed E-state index contributed by atoms with van der Waals surface area (Å²) < 4.78 is 5.19. The topological polar surface area (TPSA) is 34.1 Å². The molecule has 0 aliphatic rings. The summed E-state index contributed by atoms with van der Waals surface area (Å²) in [5.74, 6) is 0. The van der Waals surface area contributed by atoms with Gasteiger partial charge in [-0.15, -0.1) is 0 Å². The van der Waals surface area contributed by atoms with Crippen molar-refractivity contribution >= 4 is 0 Å². The van der Waals surface area contributed by atoms with Crippen molar-refractivity contribution < 1.29 is 4.74 Å². The van der Waals surface area contributed by atoms with E-state index in [4.69, 9.17) is 4.74 Å². The number of aromatic nitrogens is 1. The van der Waals surface area contributed by atoms with Crippen molar-refractivity contribution in [3.05, 3.63) is 29.6 Å². The van der Waals surface area contributed by atoms with Crippen LogP contribution in [-0.2, 0) is 4.74 Å². The maximum Gasteiger partial charge on any atom is 0.0732 e. The molecule has 0 spiro atoms. The highest BCUT2D eigenvalue weighted by Crippen LogP contribution is 2.10. The van der Waals surface area contributed by atoms with Gasteiger partial charge in [0.25, 0.3) is 0 Å². The molecule has 1 rings (SSSR count). The molecule has 3 nitrogen and oxygen atoms in total. The van der Waals surface area contributed by atoms with Crippen LogP contribution in [0.5, 0.6) is 0 Å². The van der Waals surface area contributed by atoms with Gasteiger partial charge < -0.3 is 10.1 Å². The number of pyridine rings is 1. The van der Waals surface area contributed by atoms with Crippen molar-refractivity contribution in [2.45, 2.75) is 26.3 Å². The van der Waals surface area contributed by atoms with Crippen LogP contribution in [0.2, 0.25) is 0 Å². The van der Waals surface area contributed by atoms with Gasteiger partial charge in [-0.2, -0.15) is 0 Å². The lowest BCUT2D eigenvalue weighted by molar-refractivity contribution is 0.165. The van der Waals surface area contributed by atoms with E-state index < -0.39 is 0 Å². The van der Waals surface area contributed by atoms with Crippen molar-refractivity contribution in [2.75, 3.05) is 20.3 Å². The van der Waals surface area contributed by atoms with Gasteiger partial charge in [0.15, 0.2) is 0 Å². The zero-order valence-electron chi connectivity index (χ0n) is 9.79. The molecular formula is C12H20N2O. The van der Waals surface area contributed by atoms with E-state index in [1.54, 1.807) is 7.11 Å². The highest BCUT2D eigenvalue weighted by Gasteiger charge is 2.11. The normalized spacial score (nSPS) is 12.7. The number of rotatable bonds is 6. The van der Waals surface area contributed by atoms with Gasteiger partial charge in [0.2, 0.25) is 0 Å². The molecule has 0 aliphatic carbocycles. The quantitative estimate of drug-likeness (QED) is 0.777. The van der Waals surface area contributed by atoms with E-state index >= 15 is 0 Å². The summed E-state index contributed by atoms with van der Waals surface area (Å²) in [6.45, 7) is 5.81. The molecule has 1 N–H and O–H groups in total. The number of hydrogen-bond acceptors (Lipinski definition) is 3. The number of aryl methyl sites for hydroxylation is 1. The Kier molecular flexibility index (Phi) is 5.29. The predicted molar refractivity (Wildman–Crippen MR) is 61.9 cm³/mol. The van der Waals surface area contributed by atoms with Crippen molar-refractivity contribution in [3.8, 4) is 0 Å². The molecule has 0 aliphatic heterocycles. The fourth-order valence-electron chi connectivity index (χ4n) is 1.49. The largest absolute Gasteiger partial charge is 0.383 e. The maximum atomic E-state index is 5.19. The summed E-state index contributed by atoms with van der Waals surface area (Å²) in [6, 6.07) is 6.29. The van der Waals surface area contributed by atoms with Crippen LogP contribution < -0.4 is 5.32 Å². The first kappa shape index (κ1) is 12.1. The summed E-state index contributed by atoms with van der Waals surface area (Å²) in [4.78, 5) is 4.50. The molecule has 0 saturated carbocycles. The molecule has 0 bridgehead atoms. The Bertz CT molecular complexity index is 289. The molecule has 0 fully saturated rings. The summed E-state index contributed by atoms with van der Waals surface area (Å²) in [5.41, 5.74) is 2.11. The number of hydrogen-bond donors (Lipinski definition) is 1.